The second-order valence-electron chi connectivity index (χ2n) is 6.37. The highest BCUT2D eigenvalue weighted by Gasteiger charge is 2.20. The van der Waals surface area contributed by atoms with Crippen LogP contribution in [-0.4, -0.2) is 25.7 Å². The summed E-state index contributed by atoms with van der Waals surface area (Å²) in [5.41, 5.74) is 1.19. The van der Waals surface area contributed by atoms with E-state index in [9.17, 15) is 0 Å². The first kappa shape index (κ1) is 16.7. The van der Waals surface area contributed by atoms with Gasteiger partial charge in [-0.05, 0) is 49.3 Å². The summed E-state index contributed by atoms with van der Waals surface area (Å²) < 4.78 is 5.70. The quantitative estimate of drug-likeness (QED) is 0.573. The van der Waals surface area contributed by atoms with E-state index in [-0.39, 0.29) is 0 Å². The zero-order valence-electron chi connectivity index (χ0n) is 14.1. The smallest absolute Gasteiger partial charge is 0.191 e. The molecular weight excluding hydrogens is 274 g/mol. The summed E-state index contributed by atoms with van der Waals surface area (Å²) in [7, 11) is 0. The first-order valence-corrected chi connectivity index (χ1v) is 8.41. The molecule has 1 saturated carbocycles. The van der Waals surface area contributed by atoms with Crippen LogP contribution in [0.3, 0.4) is 0 Å². The van der Waals surface area contributed by atoms with Crippen molar-refractivity contribution >= 4 is 5.96 Å². The van der Waals surface area contributed by atoms with Crippen LogP contribution in [0.2, 0.25) is 0 Å². The van der Waals surface area contributed by atoms with Gasteiger partial charge in [0.2, 0.25) is 0 Å². The molecule has 0 amide bonds. The maximum Gasteiger partial charge on any atom is 0.191 e. The molecule has 0 bridgehead atoms. The van der Waals surface area contributed by atoms with E-state index < -0.39 is 0 Å². The normalized spacial score (nSPS) is 15.0. The molecule has 22 heavy (non-hydrogen) atoms. The van der Waals surface area contributed by atoms with Crippen molar-refractivity contribution in [3.05, 3.63) is 29.8 Å². The molecule has 0 unspecified atom stereocenters. The van der Waals surface area contributed by atoms with Gasteiger partial charge in [0, 0.05) is 13.1 Å². The number of guanidine groups is 1. The van der Waals surface area contributed by atoms with E-state index in [4.69, 9.17) is 4.74 Å². The number of ether oxygens (including phenoxy) is 1. The van der Waals surface area contributed by atoms with Crippen LogP contribution < -0.4 is 15.4 Å². The summed E-state index contributed by atoms with van der Waals surface area (Å²) in [4.78, 5) is 4.64. The fourth-order valence-corrected chi connectivity index (χ4v) is 2.03. The summed E-state index contributed by atoms with van der Waals surface area (Å²) in [6, 6.07) is 8.22. The highest BCUT2D eigenvalue weighted by atomic mass is 16.5. The fourth-order valence-electron chi connectivity index (χ4n) is 2.03. The van der Waals surface area contributed by atoms with Gasteiger partial charge in [-0.15, -0.1) is 0 Å². The van der Waals surface area contributed by atoms with Gasteiger partial charge in [0.25, 0.3) is 0 Å². The van der Waals surface area contributed by atoms with Crippen molar-refractivity contribution in [1.29, 1.82) is 0 Å². The lowest BCUT2D eigenvalue weighted by Crippen LogP contribution is -2.38. The highest BCUT2D eigenvalue weighted by Crippen LogP contribution is 2.27. The Bertz CT molecular complexity index is 464. The molecule has 1 aliphatic carbocycles. The molecule has 0 atom stereocenters. The molecule has 0 radical (unpaired) electrons. The standard InChI is InChI=1S/C18H29N3O/c1-4-19-18(20-11-15-5-6-15)21-12-16-7-9-17(10-8-16)22-13-14(2)3/h7-10,14-15H,4-6,11-13H2,1-3H3,(H2,19,20,21). The molecule has 4 heteroatoms. The van der Waals surface area contributed by atoms with Gasteiger partial charge in [-0.2, -0.15) is 0 Å². The minimum absolute atomic E-state index is 0.546. The maximum absolute atomic E-state index is 5.70. The fraction of sp³-hybridized carbons (Fsp3) is 0.611. The van der Waals surface area contributed by atoms with E-state index in [0.717, 1.165) is 37.3 Å². The molecule has 0 heterocycles. The Labute approximate surface area is 134 Å². The first-order chi connectivity index (χ1) is 10.7. The Morgan fingerprint density at radius 2 is 1.95 bits per heavy atom. The number of rotatable bonds is 8. The Morgan fingerprint density at radius 1 is 1.23 bits per heavy atom. The number of benzene rings is 1. The average Bonchev–Trinajstić information content (AvgIpc) is 3.33. The second-order valence-corrected chi connectivity index (χ2v) is 6.37. The van der Waals surface area contributed by atoms with Gasteiger partial charge in [0.05, 0.1) is 13.2 Å². The van der Waals surface area contributed by atoms with Crippen molar-refractivity contribution in [2.75, 3.05) is 19.7 Å². The molecular formula is C18H29N3O. The monoisotopic (exact) mass is 303 g/mol. The molecule has 1 aromatic carbocycles. The minimum Gasteiger partial charge on any atom is -0.493 e. The molecule has 0 saturated heterocycles. The van der Waals surface area contributed by atoms with Crippen LogP contribution in [0, 0.1) is 11.8 Å². The van der Waals surface area contributed by atoms with Crippen LogP contribution in [0.15, 0.2) is 29.3 Å². The molecule has 1 aliphatic rings. The summed E-state index contributed by atoms with van der Waals surface area (Å²) in [6.07, 6.45) is 2.70. The Morgan fingerprint density at radius 3 is 2.55 bits per heavy atom. The Kier molecular flexibility index (Phi) is 6.56. The van der Waals surface area contributed by atoms with Crippen LogP contribution in [0.4, 0.5) is 0 Å². The molecule has 0 aliphatic heterocycles. The van der Waals surface area contributed by atoms with Crippen LogP contribution in [0.5, 0.6) is 5.75 Å². The Balaban J connectivity index is 1.82. The van der Waals surface area contributed by atoms with Crippen molar-refractivity contribution in [3.8, 4) is 5.75 Å². The van der Waals surface area contributed by atoms with Crippen molar-refractivity contribution in [1.82, 2.24) is 10.6 Å². The summed E-state index contributed by atoms with van der Waals surface area (Å²) >= 11 is 0. The summed E-state index contributed by atoms with van der Waals surface area (Å²) in [6.45, 7) is 9.76. The van der Waals surface area contributed by atoms with E-state index >= 15 is 0 Å². The van der Waals surface area contributed by atoms with Crippen molar-refractivity contribution in [3.63, 3.8) is 0 Å². The zero-order valence-corrected chi connectivity index (χ0v) is 14.1. The molecule has 2 N–H and O–H groups in total. The molecule has 4 nitrogen and oxygen atoms in total. The zero-order chi connectivity index (χ0) is 15.8. The predicted molar refractivity (Wildman–Crippen MR) is 92.3 cm³/mol. The number of hydrogen-bond donors (Lipinski definition) is 2. The number of nitrogens with one attached hydrogen (secondary N) is 2. The Hall–Kier alpha value is -1.71. The predicted octanol–water partition coefficient (Wildman–Crippen LogP) is 3.19. The topological polar surface area (TPSA) is 45.7 Å². The number of nitrogens with zero attached hydrogens (tertiary/aromatic N) is 1. The molecule has 122 valence electrons. The highest BCUT2D eigenvalue weighted by molar-refractivity contribution is 5.79. The number of aliphatic imine (C=N–C) groups is 1. The molecule has 1 aromatic rings. The lowest BCUT2D eigenvalue weighted by molar-refractivity contribution is 0.271. The molecule has 0 spiro atoms. The first-order valence-electron chi connectivity index (χ1n) is 8.41. The van der Waals surface area contributed by atoms with Gasteiger partial charge in [-0.1, -0.05) is 26.0 Å². The van der Waals surface area contributed by atoms with Gasteiger partial charge in [-0.25, -0.2) is 4.99 Å². The van der Waals surface area contributed by atoms with Gasteiger partial charge < -0.3 is 15.4 Å². The van der Waals surface area contributed by atoms with Crippen LogP contribution in [0.25, 0.3) is 0 Å². The molecule has 0 aromatic heterocycles. The van der Waals surface area contributed by atoms with Gasteiger partial charge in [0.15, 0.2) is 5.96 Å². The minimum atomic E-state index is 0.546. The van der Waals surface area contributed by atoms with Gasteiger partial charge in [-0.3, -0.25) is 0 Å². The summed E-state index contributed by atoms with van der Waals surface area (Å²) in [5, 5.41) is 6.71. The van der Waals surface area contributed by atoms with Crippen molar-refractivity contribution in [2.24, 2.45) is 16.8 Å². The van der Waals surface area contributed by atoms with Crippen molar-refractivity contribution < 1.29 is 4.74 Å². The third kappa shape index (κ3) is 6.37. The van der Waals surface area contributed by atoms with E-state index in [1.807, 2.05) is 12.1 Å². The van der Waals surface area contributed by atoms with Crippen molar-refractivity contribution in [2.45, 2.75) is 40.2 Å². The maximum atomic E-state index is 5.70. The van der Waals surface area contributed by atoms with E-state index in [1.165, 1.54) is 18.4 Å². The second kappa shape index (κ2) is 8.66. The van der Waals surface area contributed by atoms with Crippen LogP contribution in [-0.2, 0) is 6.54 Å². The third-order valence-corrected chi connectivity index (χ3v) is 3.53. The van der Waals surface area contributed by atoms with Gasteiger partial charge >= 0.3 is 0 Å². The average molecular weight is 303 g/mol. The lowest BCUT2D eigenvalue weighted by Gasteiger charge is -2.11. The summed E-state index contributed by atoms with van der Waals surface area (Å²) in [5.74, 6) is 3.24. The largest absolute Gasteiger partial charge is 0.493 e. The molecule has 2 rings (SSSR count). The SMILES string of the molecule is CCNC(=NCc1ccc(OCC(C)C)cc1)NCC1CC1. The van der Waals surface area contributed by atoms with Crippen LogP contribution >= 0.6 is 0 Å². The van der Waals surface area contributed by atoms with E-state index in [2.05, 4.69) is 48.5 Å². The third-order valence-electron chi connectivity index (χ3n) is 3.53. The molecule has 1 fully saturated rings. The lowest BCUT2D eigenvalue weighted by atomic mass is 10.2. The van der Waals surface area contributed by atoms with E-state index in [0.29, 0.717) is 12.5 Å². The number of hydrogen-bond acceptors (Lipinski definition) is 2. The van der Waals surface area contributed by atoms with E-state index in [1.54, 1.807) is 0 Å². The van der Waals surface area contributed by atoms with Crippen LogP contribution in [0.1, 0.15) is 39.2 Å². The van der Waals surface area contributed by atoms with Gasteiger partial charge in [0.1, 0.15) is 5.75 Å².